The van der Waals surface area contributed by atoms with Crippen LogP contribution in [0.4, 0.5) is 9.59 Å². The van der Waals surface area contributed by atoms with Gasteiger partial charge in [-0.05, 0) is 35.5 Å². The highest BCUT2D eigenvalue weighted by atomic mass is 35.5. The van der Waals surface area contributed by atoms with Gasteiger partial charge in [-0.25, -0.2) is 4.79 Å². The van der Waals surface area contributed by atoms with Crippen LogP contribution in [0.25, 0.3) is 6.08 Å². The van der Waals surface area contributed by atoms with Gasteiger partial charge in [0.2, 0.25) is 5.91 Å². The minimum Gasteiger partial charge on any atom is -0.354 e. The van der Waals surface area contributed by atoms with E-state index in [1.807, 2.05) is 0 Å². The minimum atomic E-state index is -0.715. The Balaban J connectivity index is 1.89. The van der Waals surface area contributed by atoms with Gasteiger partial charge in [0, 0.05) is 36.1 Å². The van der Waals surface area contributed by atoms with Crippen molar-refractivity contribution in [2.24, 2.45) is 5.73 Å². The molecule has 0 unspecified atom stereocenters. The molecule has 1 aromatic carbocycles. The molecular formula is C16H16Cl2N4O4S. The normalized spacial score (nSPS) is 15.3. The summed E-state index contributed by atoms with van der Waals surface area (Å²) in [6.45, 7) is 0.237. The first-order valence-corrected chi connectivity index (χ1v) is 9.35. The van der Waals surface area contributed by atoms with Crippen molar-refractivity contribution >= 4 is 64.1 Å². The van der Waals surface area contributed by atoms with Crippen LogP contribution in [0.15, 0.2) is 23.1 Å². The summed E-state index contributed by atoms with van der Waals surface area (Å²) >= 11 is 12.7. The minimum absolute atomic E-state index is 0.0331. The lowest BCUT2D eigenvalue weighted by Crippen LogP contribution is -2.38. The summed E-state index contributed by atoms with van der Waals surface area (Å²) in [6.07, 6.45) is 1.57. The van der Waals surface area contributed by atoms with Gasteiger partial charge in [-0.3, -0.25) is 19.3 Å². The Morgan fingerprint density at radius 3 is 2.59 bits per heavy atom. The van der Waals surface area contributed by atoms with Crippen molar-refractivity contribution in [3.63, 3.8) is 0 Å². The van der Waals surface area contributed by atoms with Crippen LogP contribution in [0.1, 0.15) is 12.0 Å². The number of imide groups is 1. The molecule has 0 radical (unpaired) electrons. The molecule has 0 aromatic heterocycles. The van der Waals surface area contributed by atoms with Crippen LogP contribution in [-0.2, 0) is 9.59 Å². The van der Waals surface area contributed by atoms with E-state index in [1.54, 1.807) is 18.2 Å². The molecule has 144 valence electrons. The number of rotatable bonds is 7. The lowest BCUT2D eigenvalue weighted by atomic mass is 10.2. The number of nitrogens with one attached hydrogen (secondary N) is 2. The Morgan fingerprint density at radius 2 is 1.93 bits per heavy atom. The molecule has 11 heteroatoms. The number of urea groups is 1. The molecule has 1 saturated heterocycles. The molecule has 27 heavy (non-hydrogen) atoms. The predicted molar refractivity (Wildman–Crippen MR) is 104 cm³/mol. The molecule has 1 aliphatic heterocycles. The van der Waals surface area contributed by atoms with Crippen LogP contribution in [0, 0.1) is 0 Å². The van der Waals surface area contributed by atoms with Crippen molar-refractivity contribution in [1.82, 2.24) is 15.5 Å². The van der Waals surface area contributed by atoms with Gasteiger partial charge in [-0.15, -0.1) is 0 Å². The number of carbonyl (C=O) groups is 4. The second-order valence-corrected chi connectivity index (χ2v) is 7.23. The van der Waals surface area contributed by atoms with Crippen molar-refractivity contribution in [3.05, 3.63) is 38.7 Å². The second kappa shape index (κ2) is 9.63. The van der Waals surface area contributed by atoms with Gasteiger partial charge in [-0.2, -0.15) is 0 Å². The number of hydrogen-bond donors (Lipinski definition) is 3. The molecule has 0 bridgehead atoms. The van der Waals surface area contributed by atoms with E-state index in [-0.39, 0.29) is 36.9 Å². The van der Waals surface area contributed by atoms with E-state index in [0.717, 1.165) is 16.7 Å². The molecule has 0 spiro atoms. The van der Waals surface area contributed by atoms with E-state index in [2.05, 4.69) is 10.6 Å². The number of nitrogens with two attached hydrogens (primary N) is 1. The second-order valence-electron chi connectivity index (χ2n) is 5.39. The van der Waals surface area contributed by atoms with Crippen molar-refractivity contribution in [1.29, 1.82) is 0 Å². The maximum absolute atomic E-state index is 12.4. The first kappa shape index (κ1) is 21.1. The Morgan fingerprint density at radius 1 is 1.19 bits per heavy atom. The predicted octanol–water partition coefficient (Wildman–Crippen LogP) is 2.20. The molecule has 8 nitrogen and oxygen atoms in total. The smallest absolute Gasteiger partial charge is 0.312 e. The van der Waals surface area contributed by atoms with Crippen molar-refractivity contribution in [3.8, 4) is 0 Å². The third-order valence-corrected chi connectivity index (χ3v) is 4.90. The zero-order valence-corrected chi connectivity index (χ0v) is 16.3. The first-order chi connectivity index (χ1) is 12.8. The molecule has 1 heterocycles. The fourth-order valence-corrected chi connectivity index (χ4v) is 3.47. The highest BCUT2D eigenvalue weighted by Crippen LogP contribution is 2.33. The van der Waals surface area contributed by atoms with Crippen molar-refractivity contribution in [2.75, 3.05) is 19.6 Å². The third-order valence-electron chi connectivity index (χ3n) is 3.43. The Labute approximate surface area is 169 Å². The highest BCUT2D eigenvalue weighted by Gasteiger charge is 2.34. The van der Waals surface area contributed by atoms with Crippen LogP contribution in [0.3, 0.4) is 0 Å². The molecule has 4 N–H and O–H groups in total. The lowest BCUT2D eigenvalue weighted by molar-refractivity contribution is -0.124. The number of benzene rings is 1. The van der Waals surface area contributed by atoms with Crippen LogP contribution in [0.2, 0.25) is 10.0 Å². The molecule has 1 fully saturated rings. The number of hydrogen-bond acceptors (Lipinski definition) is 5. The number of primary amides is 1. The SMILES string of the molecule is NC(=O)NCCC(=O)NCCN1C(=O)S/C(=C\c2ccc(Cl)cc2Cl)C1=O. The van der Waals surface area contributed by atoms with Gasteiger partial charge in [0.05, 0.1) is 4.91 Å². The van der Waals surface area contributed by atoms with E-state index < -0.39 is 17.2 Å². The third kappa shape index (κ3) is 6.16. The average Bonchev–Trinajstić information content (AvgIpc) is 2.84. The van der Waals surface area contributed by atoms with Gasteiger partial charge in [0.15, 0.2) is 0 Å². The van der Waals surface area contributed by atoms with Crippen LogP contribution < -0.4 is 16.4 Å². The Kier molecular flexibility index (Phi) is 7.52. The fourth-order valence-electron chi connectivity index (χ4n) is 2.15. The summed E-state index contributed by atoms with van der Waals surface area (Å²) < 4.78 is 0. The zero-order valence-electron chi connectivity index (χ0n) is 14.0. The Hall–Kier alpha value is -2.23. The molecular weight excluding hydrogens is 415 g/mol. The summed E-state index contributed by atoms with van der Waals surface area (Å²) in [5.41, 5.74) is 5.46. The quantitative estimate of drug-likeness (QED) is 0.572. The Bertz CT molecular complexity index is 816. The maximum Gasteiger partial charge on any atom is 0.312 e. The van der Waals surface area contributed by atoms with Crippen LogP contribution in [0.5, 0.6) is 0 Å². The van der Waals surface area contributed by atoms with E-state index in [0.29, 0.717) is 15.6 Å². The van der Waals surface area contributed by atoms with E-state index in [9.17, 15) is 19.2 Å². The highest BCUT2D eigenvalue weighted by molar-refractivity contribution is 8.18. The standard InChI is InChI=1S/C16H16Cl2N4O4S/c17-10-2-1-9(11(18)8-10)7-12-14(24)22(16(26)27-12)6-5-20-13(23)3-4-21-15(19)25/h1-2,7-8H,3-6H2,(H,20,23)(H3,19,21,25)/b12-7-. The molecule has 5 amide bonds. The molecule has 0 atom stereocenters. The van der Waals surface area contributed by atoms with Gasteiger partial charge in [0.25, 0.3) is 11.1 Å². The summed E-state index contributed by atoms with van der Waals surface area (Å²) in [5, 5.41) is 5.25. The van der Waals surface area contributed by atoms with Gasteiger partial charge in [0.1, 0.15) is 0 Å². The molecule has 1 aliphatic rings. The van der Waals surface area contributed by atoms with Crippen molar-refractivity contribution in [2.45, 2.75) is 6.42 Å². The molecule has 0 saturated carbocycles. The van der Waals surface area contributed by atoms with Crippen LogP contribution in [-0.4, -0.2) is 47.6 Å². The average molecular weight is 431 g/mol. The summed E-state index contributed by atoms with van der Waals surface area (Å²) in [5.74, 6) is -0.792. The van der Waals surface area contributed by atoms with Crippen molar-refractivity contribution < 1.29 is 19.2 Å². The number of thioether (sulfide) groups is 1. The van der Waals surface area contributed by atoms with Gasteiger partial charge >= 0.3 is 6.03 Å². The van der Waals surface area contributed by atoms with E-state index in [1.165, 1.54) is 6.08 Å². The lowest BCUT2D eigenvalue weighted by Gasteiger charge is -2.13. The summed E-state index contributed by atoms with van der Waals surface area (Å²) in [4.78, 5) is 47.8. The zero-order chi connectivity index (χ0) is 20.0. The number of carbonyl (C=O) groups excluding carboxylic acids is 4. The molecule has 0 aliphatic carbocycles. The summed E-state index contributed by atoms with van der Waals surface area (Å²) in [7, 11) is 0. The van der Waals surface area contributed by atoms with Gasteiger partial charge < -0.3 is 16.4 Å². The number of amides is 5. The van der Waals surface area contributed by atoms with Gasteiger partial charge in [-0.1, -0.05) is 29.3 Å². The van der Waals surface area contributed by atoms with Crippen LogP contribution >= 0.6 is 35.0 Å². The molecule has 1 aromatic rings. The van der Waals surface area contributed by atoms with E-state index in [4.69, 9.17) is 28.9 Å². The fraction of sp³-hybridized carbons (Fsp3) is 0.250. The molecule has 2 rings (SSSR count). The summed E-state index contributed by atoms with van der Waals surface area (Å²) in [6, 6.07) is 4.11. The topological polar surface area (TPSA) is 122 Å². The number of nitrogens with zero attached hydrogens (tertiary/aromatic N) is 1. The monoisotopic (exact) mass is 430 g/mol. The maximum atomic E-state index is 12.4. The first-order valence-electron chi connectivity index (χ1n) is 7.78. The largest absolute Gasteiger partial charge is 0.354 e. The van der Waals surface area contributed by atoms with E-state index >= 15 is 0 Å². The number of halogens is 2.